The molecule has 0 nitrogen and oxygen atoms in total. The van der Waals surface area contributed by atoms with Gasteiger partial charge >= 0.3 is 0 Å². The number of hydrogen-bond donors (Lipinski definition) is 0. The summed E-state index contributed by atoms with van der Waals surface area (Å²) in [4.78, 5) is 0. The summed E-state index contributed by atoms with van der Waals surface area (Å²) in [7, 11) is 0. The zero-order chi connectivity index (χ0) is 29.8. The van der Waals surface area contributed by atoms with Crippen molar-refractivity contribution in [2.75, 3.05) is 0 Å². The highest BCUT2D eigenvalue weighted by Crippen LogP contribution is 2.41. The Balaban J connectivity index is 1.82. The van der Waals surface area contributed by atoms with E-state index < -0.39 is 0 Å². The van der Waals surface area contributed by atoms with Gasteiger partial charge in [-0.3, -0.25) is 0 Å². The van der Waals surface area contributed by atoms with Crippen LogP contribution < -0.4 is 0 Å². The molecule has 0 aromatic carbocycles. The molecule has 0 unspecified atom stereocenters. The molecule has 0 heterocycles. The molecule has 218 valence electrons. The van der Waals surface area contributed by atoms with Crippen LogP contribution in [-0.2, 0) is 0 Å². The van der Waals surface area contributed by atoms with Crippen LogP contribution in [0.5, 0.6) is 0 Å². The van der Waals surface area contributed by atoms with Gasteiger partial charge in [-0.2, -0.15) is 0 Å². The average Bonchev–Trinajstić information content (AvgIpc) is 2.85. The summed E-state index contributed by atoms with van der Waals surface area (Å²) < 4.78 is 0. The fourth-order valence-electron chi connectivity index (χ4n) is 6.02. The molecular formula is C40H58. The van der Waals surface area contributed by atoms with Gasteiger partial charge in [-0.1, -0.05) is 134 Å². The molecule has 0 heteroatoms. The lowest BCUT2D eigenvalue weighted by atomic mass is 9.72. The van der Waals surface area contributed by atoms with Gasteiger partial charge in [-0.05, 0) is 115 Å². The smallest absolute Gasteiger partial charge is 0.0104 e. The van der Waals surface area contributed by atoms with Crippen LogP contribution in [0.4, 0.5) is 0 Å². The Labute approximate surface area is 248 Å². The van der Waals surface area contributed by atoms with Crippen molar-refractivity contribution in [2.45, 2.75) is 121 Å². The van der Waals surface area contributed by atoms with E-state index in [1.165, 1.54) is 72.0 Å². The lowest BCUT2D eigenvalue weighted by Gasteiger charge is -2.33. The van der Waals surface area contributed by atoms with E-state index >= 15 is 0 Å². The maximum Gasteiger partial charge on any atom is -0.0104 e. The van der Waals surface area contributed by atoms with Gasteiger partial charge in [0, 0.05) is 0 Å². The highest BCUT2D eigenvalue weighted by Gasteiger charge is 2.27. The quantitative estimate of drug-likeness (QED) is 0.181. The Morgan fingerprint density at radius 1 is 0.575 bits per heavy atom. The first-order valence-electron chi connectivity index (χ1n) is 15.6. The standard InChI is InChI=1S/C40H58/c1-31(19-13-21-33(3)25-27-37-35(5)23-15-29-39(37,7)8)17-11-12-18-32(2)20-14-22-34(4)26-28-38-36(6)24-16-30-40(38,9)10/h13-14,17-22,25-28H,11-12,15-16,23-24,29-30H2,1-10H3/b19-13-,20-14+,27-25+,28-26+,31-17+,32-18+,33-21+,34-22+. The van der Waals surface area contributed by atoms with Crippen molar-refractivity contribution in [3.63, 3.8) is 0 Å². The van der Waals surface area contributed by atoms with Gasteiger partial charge in [-0.25, -0.2) is 0 Å². The van der Waals surface area contributed by atoms with Gasteiger partial charge in [0.25, 0.3) is 0 Å². The van der Waals surface area contributed by atoms with Crippen LogP contribution in [0.3, 0.4) is 0 Å². The summed E-state index contributed by atoms with van der Waals surface area (Å²) in [5, 5.41) is 0. The molecule has 2 aliphatic rings. The number of unbranched alkanes of at least 4 members (excludes halogenated alkanes) is 1. The van der Waals surface area contributed by atoms with E-state index in [0.29, 0.717) is 10.8 Å². The van der Waals surface area contributed by atoms with Crippen molar-refractivity contribution in [3.05, 3.63) is 117 Å². The Bertz CT molecular complexity index is 1070. The predicted octanol–water partition coefficient (Wildman–Crippen LogP) is 12.8. The van der Waals surface area contributed by atoms with E-state index in [1.54, 1.807) is 11.1 Å². The molecule has 40 heavy (non-hydrogen) atoms. The highest BCUT2D eigenvalue weighted by atomic mass is 14.3. The van der Waals surface area contributed by atoms with Crippen molar-refractivity contribution < 1.29 is 0 Å². The molecule has 0 N–H and O–H groups in total. The average molecular weight is 539 g/mol. The SMILES string of the molecule is CC1=C(/C=C/C(C)=C/C=C\C(C)=C\CC/C=C(C)/C=C/C=C(C)/C=C/C2=C(C)CCCC2(C)C)C(C)(C)CCC1. The van der Waals surface area contributed by atoms with Gasteiger partial charge in [-0.15, -0.1) is 0 Å². The molecule has 2 rings (SSSR count). The topological polar surface area (TPSA) is 0 Å². The Morgan fingerprint density at radius 2 is 0.950 bits per heavy atom. The second-order valence-corrected chi connectivity index (χ2v) is 13.5. The normalized spacial score (nSPS) is 21.8. The minimum absolute atomic E-state index is 0.299. The van der Waals surface area contributed by atoms with Crippen molar-refractivity contribution in [1.82, 2.24) is 0 Å². The van der Waals surface area contributed by atoms with E-state index in [-0.39, 0.29) is 0 Å². The van der Waals surface area contributed by atoms with Crippen LogP contribution in [0.25, 0.3) is 0 Å². The highest BCUT2D eigenvalue weighted by molar-refractivity contribution is 5.38. The van der Waals surface area contributed by atoms with Crippen molar-refractivity contribution in [1.29, 1.82) is 0 Å². The number of rotatable bonds is 11. The summed E-state index contributed by atoms with van der Waals surface area (Å²) in [5.74, 6) is 0. The first-order chi connectivity index (χ1) is 18.8. The number of allylic oxidation sites excluding steroid dienone is 20. The van der Waals surface area contributed by atoms with Crippen LogP contribution in [0.2, 0.25) is 0 Å². The fourth-order valence-corrected chi connectivity index (χ4v) is 6.02. The summed E-state index contributed by atoms with van der Waals surface area (Å²) in [6.45, 7) is 22.9. The first kappa shape index (κ1) is 33.6. The second-order valence-electron chi connectivity index (χ2n) is 13.5. The Morgan fingerprint density at radius 3 is 1.30 bits per heavy atom. The molecule has 0 aromatic heterocycles. The molecule has 0 bridgehead atoms. The van der Waals surface area contributed by atoms with E-state index in [1.807, 2.05) is 0 Å². The van der Waals surface area contributed by atoms with Gasteiger partial charge < -0.3 is 0 Å². The van der Waals surface area contributed by atoms with Gasteiger partial charge in [0.1, 0.15) is 0 Å². The molecule has 0 saturated carbocycles. The maximum atomic E-state index is 2.38. The van der Waals surface area contributed by atoms with E-state index in [9.17, 15) is 0 Å². The third-order valence-corrected chi connectivity index (χ3v) is 8.65. The third-order valence-electron chi connectivity index (χ3n) is 8.65. The first-order valence-corrected chi connectivity index (χ1v) is 15.6. The zero-order valence-corrected chi connectivity index (χ0v) is 27.6. The van der Waals surface area contributed by atoms with Crippen LogP contribution >= 0.6 is 0 Å². The molecule has 0 amide bonds. The molecule has 0 aromatic rings. The maximum absolute atomic E-state index is 2.38. The van der Waals surface area contributed by atoms with E-state index in [0.717, 1.165) is 12.8 Å². The molecule has 0 saturated heterocycles. The minimum Gasteiger partial charge on any atom is -0.0813 e. The van der Waals surface area contributed by atoms with Gasteiger partial charge in [0.2, 0.25) is 0 Å². The third kappa shape index (κ3) is 11.5. The largest absolute Gasteiger partial charge is 0.0813 e. The Hall–Kier alpha value is -2.60. The Kier molecular flexibility index (Phi) is 13.4. The lowest BCUT2D eigenvalue weighted by Crippen LogP contribution is -2.19. The summed E-state index contributed by atoms with van der Waals surface area (Å²) in [5.41, 5.74) is 12.0. The molecule has 0 spiro atoms. The zero-order valence-electron chi connectivity index (χ0n) is 27.6. The van der Waals surface area contributed by atoms with Gasteiger partial charge in [0.15, 0.2) is 0 Å². The molecule has 0 atom stereocenters. The van der Waals surface area contributed by atoms with Gasteiger partial charge in [0.05, 0.1) is 0 Å². The van der Waals surface area contributed by atoms with Crippen molar-refractivity contribution in [3.8, 4) is 0 Å². The molecular weight excluding hydrogens is 480 g/mol. The van der Waals surface area contributed by atoms with Crippen molar-refractivity contribution in [2.24, 2.45) is 10.8 Å². The fraction of sp³-hybridized carbons (Fsp3) is 0.500. The second kappa shape index (κ2) is 16.0. The molecule has 0 radical (unpaired) electrons. The monoisotopic (exact) mass is 538 g/mol. The molecule has 2 aliphatic carbocycles. The summed E-state index contributed by atoms with van der Waals surface area (Å²) in [6.07, 6.45) is 37.0. The number of hydrogen-bond acceptors (Lipinski definition) is 0. The molecule has 0 fully saturated rings. The molecule has 0 aliphatic heterocycles. The van der Waals surface area contributed by atoms with Crippen molar-refractivity contribution >= 4 is 0 Å². The summed E-state index contributed by atoms with van der Waals surface area (Å²) in [6, 6.07) is 0. The van der Waals surface area contributed by atoms with Crippen LogP contribution in [-0.4, -0.2) is 0 Å². The summed E-state index contributed by atoms with van der Waals surface area (Å²) >= 11 is 0. The lowest BCUT2D eigenvalue weighted by molar-refractivity contribution is 0.376. The van der Waals surface area contributed by atoms with Crippen LogP contribution in [0, 0.1) is 10.8 Å². The predicted molar refractivity (Wildman–Crippen MR) is 181 cm³/mol. The van der Waals surface area contributed by atoms with Crippen LogP contribution in [0.15, 0.2) is 117 Å². The van der Waals surface area contributed by atoms with E-state index in [4.69, 9.17) is 0 Å². The van der Waals surface area contributed by atoms with Crippen LogP contribution in [0.1, 0.15) is 121 Å². The minimum atomic E-state index is 0.299. The van der Waals surface area contributed by atoms with E-state index in [2.05, 4.69) is 142 Å².